The Morgan fingerprint density at radius 1 is 1.26 bits per heavy atom. The van der Waals surface area contributed by atoms with Crippen LogP contribution >= 0.6 is 0 Å². The largest absolute Gasteiger partial charge is 0.354 e. The van der Waals surface area contributed by atoms with Crippen molar-refractivity contribution in [2.45, 2.75) is 26.3 Å². The summed E-state index contributed by atoms with van der Waals surface area (Å²) in [5.41, 5.74) is -1.02. The zero-order valence-corrected chi connectivity index (χ0v) is 16.4. The Morgan fingerprint density at radius 2 is 1.85 bits per heavy atom. The van der Waals surface area contributed by atoms with Gasteiger partial charge in [0.2, 0.25) is 5.91 Å². The maximum Gasteiger partial charge on any atom is 0.325 e. The third kappa shape index (κ3) is 4.82. The van der Waals surface area contributed by atoms with E-state index < -0.39 is 29.2 Å². The maximum atomic E-state index is 13.1. The van der Waals surface area contributed by atoms with Crippen molar-refractivity contribution in [2.24, 2.45) is 5.41 Å². The van der Waals surface area contributed by atoms with Crippen molar-refractivity contribution in [3.63, 3.8) is 0 Å². The van der Waals surface area contributed by atoms with E-state index >= 15 is 0 Å². The van der Waals surface area contributed by atoms with E-state index in [9.17, 15) is 18.8 Å². The summed E-state index contributed by atoms with van der Waals surface area (Å²) in [6.07, 6.45) is 0. The monoisotopic (exact) mass is 378 g/mol. The fourth-order valence-corrected chi connectivity index (χ4v) is 3.27. The molecule has 2 N–H and O–H groups in total. The first-order valence-electron chi connectivity index (χ1n) is 8.76. The van der Waals surface area contributed by atoms with E-state index in [0.29, 0.717) is 12.1 Å². The van der Waals surface area contributed by atoms with Gasteiger partial charge in [-0.05, 0) is 44.1 Å². The Hall–Kier alpha value is -2.48. The Kier molecular flexibility index (Phi) is 5.89. The van der Waals surface area contributed by atoms with Crippen LogP contribution in [0.25, 0.3) is 0 Å². The van der Waals surface area contributed by atoms with Crippen LogP contribution in [0.2, 0.25) is 0 Å². The molecule has 0 radical (unpaired) electrons. The Labute approximate surface area is 158 Å². The molecular weight excluding hydrogens is 351 g/mol. The summed E-state index contributed by atoms with van der Waals surface area (Å²) < 4.78 is 13.1. The lowest BCUT2D eigenvalue weighted by Crippen LogP contribution is -2.46. The lowest BCUT2D eigenvalue weighted by Gasteiger charge is -2.28. The highest BCUT2D eigenvalue weighted by atomic mass is 19.1. The number of rotatable bonds is 7. The van der Waals surface area contributed by atoms with Gasteiger partial charge in [0.25, 0.3) is 5.91 Å². The van der Waals surface area contributed by atoms with Gasteiger partial charge in [0, 0.05) is 13.1 Å². The minimum Gasteiger partial charge on any atom is -0.354 e. The smallest absolute Gasteiger partial charge is 0.325 e. The van der Waals surface area contributed by atoms with Gasteiger partial charge in [-0.2, -0.15) is 0 Å². The highest BCUT2D eigenvalue weighted by molar-refractivity contribution is 6.09. The molecule has 1 saturated heterocycles. The first-order chi connectivity index (χ1) is 12.4. The zero-order valence-electron chi connectivity index (χ0n) is 16.4. The van der Waals surface area contributed by atoms with Crippen LogP contribution in [0.4, 0.5) is 9.18 Å². The van der Waals surface area contributed by atoms with Crippen molar-refractivity contribution < 1.29 is 18.8 Å². The molecule has 27 heavy (non-hydrogen) atoms. The van der Waals surface area contributed by atoms with E-state index in [0.717, 1.165) is 11.4 Å². The average molecular weight is 378 g/mol. The highest BCUT2D eigenvalue weighted by Crippen LogP contribution is 2.28. The zero-order chi connectivity index (χ0) is 20.4. The lowest BCUT2D eigenvalue weighted by atomic mass is 9.92. The standard InChI is InChI=1S/C19H27FN4O3/c1-18(2,12-23(4)5)11-21-15(25)10-24-16(26)19(3,22-17(24)27)13-6-8-14(20)9-7-13/h6-9H,10-12H2,1-5H3,(H,21,25)(H,22,27). The first-order valence-corrected chi connectivity index (χ1v) is 8.76. The molecule has 1 heterocycles. The molecule has 0 spiro atoms. The number of hydrogen-bond acceptors (Lipinski definition) is 4. The van der Waals surface area contributed by atoms with Crippen LogP contribution in [0.3, 0.4) is 0 Å². The van der Waals surface area contributed by atoms with Gasteiger partial charge in [-0.15, -0.1) is 0 Å². The van der Waals surface area contributed by atoms with Gasteiger partial charge < -0.3 is 15.5 Å². The second kappa shape index (κ2) is 7.64. The van der Waals surface area contributed by atoms with Gasteiger partial charge in [-0.3, -0.25) is 14.5 Å². The summed E-state index contributed by atoms with van der Waals surface area (Å²) in [5.74, 6) is -1.38. The molecule has 8 heteroatoms. The van der Waals surface area contributed by atoms with Gasteiger partial charge >= 0.3 is 6.03 Å². The first kappa shape index (κ1) is 20.8. The van der Waals surface area contributed by atoms with Crippen molar-refractivity contribution >= 4 is 17.8 Å². The predicted octanol–water partition coefficient (Wildman–Crippen LogP) is 1.30. The second-order valence-electron chi connectivity index (χ2n) is 8.13. The van der Waals surface area contributed by atoms with Crippen LogP contribution < -0.4 is 10.6 Å². The number of carbonyl (C=O) groups excluding carboxylic acids is 3. The third-order valence-electron chi connectivity index (χ3n) is 4.51. The molecule has 7 nitrogen and oxygen atoms in total. The van der Waals surface area contributed by atoms with E-state index in [1.807, 2.05) is 32.8 Å². The van der Waals surface area contributed by atoms with Crippen LogP contribution in [0.15, 0.2) is 24.3 Å². The van der Waals surface area contributed by atoms with Gasteiger partial charge in [0.1, 0.15) is 17.9 Å². The van der Waals surface area contributed by atoms with E-state index in [2.05, 4.69) is 10.6 Å². The summed E-state index contributed by atoms with van der Waals surface area (Å²) in [5, 5.41) is 5.38. The molecule has 148 valence electrons. The molecule has 4 amide bonds. The van der Waals surface area contributed by atoms with Crippen molar-refractivity contribution in [1.29, 1.82) is 0 Å². The summed E-state index contributed by atoms with van der Waals surface area (Å²) in [6, 6.07) is 4.70. The van der Waals surface area contributed by atoms with Crippen LogP contribution in [0.1, 0.15) is 26.3 Å². The molecule has 1 aromatic carbocycles. The summed E-state index contributed by atoms with van der Waals surface area (Å²) in [6.45, 7) is 6.42. The summed E-state index contributed by atoms with van der Waals surface area (Å²) >= 11 is 0. The van der Waals surface area contributed by atoms with Crippen molar-refractivity contribution in [3.05, 3.63) is 35.6 Å². The molecule has 1 unspecified atom stereocenters. The number of benzene rings is 1. The maximum absolute atomic E-state index is 13.1. The number of nitrogens with one attached hydrogen (secondary N) is 2. The quantitative estimate of drug-likeness (QED) is 0.701. The van der Waals surface area contributed by atoms with Gasteiger partial charge in [0.05, 0.1) is 0 Å². The van der Waals surface area contributed by atoms with E-state index in [1.165, 1.54) is 24.3 Å². The predicted molar refractivity (Wildman–Crippen MR) is 99.3 cm³/mol. The topological polar surface area (TPSA) is 81.8 Å². The second-order valence-corrected chi connectivity index (χ2v) is 8.13. The Balaban J connectivity index is 2.03. The molecule has 1 aromatic rings. The van der Waals surface area contributed by atoms with Crippen LogP contribution in [0, 0.1) is 11.2 Å². The van der Waals surface area contributed by atoms with Gasteiger partial charge in [-0.25, -0.2) is 9.18 Å². The van der Waals surface area contributed by atoms with E-state index in [-0.39, 0.29) is 12.0 Å². The number of imide groups is 1. The van der Waals surface area contributed by atoms with E-state index in [4.69, 9.17) is 0 Å². The van der Waals surface area contributed by atoms with Crippen LogP contribution in [-0.4, -0.2) is 61.4 Å². The fraction of sp³-hybridized carbons (Fsp3) is 0.526. The molecule has 1 fully saturated rings. The van der Waals surface area contributed by atoms with E-state index in [1.54, 1.807) is 6.92 Å². The van der Waals surface area contributed by atoms with Crippen LogP contribution in [-0.2, 0) is 15.1 Å². The van der Waals surface area contributed by atoms with Gasteiger partial charge in [0.15, 0.2) is 0 Å². The number of nitrogens with zero attached hydrogens (tertiary/aromatic N) is 2. The Bertz CT molecular complexity index is 733. The molecule has 1 atom stereocenters. The third-order valence-corrected chi connectivity index (χ3v) is 4.51. The number of hydrogen-bond donors (Lipinski definition) is 2. The van der Waals surface area contributed by atoms with Crippen LogP contribution in [0.5, 0.6) is 0 Å². The molecular formula is C19H27FN4O3. The number of carbonyl (C=O) groups is 3. The number of urea groups is 1. The molecule has 0 aromatic heterocycles. The average Bonchev–Trinajstić information content (AvgIpc) is 2.77. The van der Waals surface area contributed by atoms with Crippen molar-refractivity contribution in [3.8, 4) is 0 Å². The molecule has 1 aliphatic rings. The molecule has 1 aliphatic heterocycles. The normalized spacial score (nSPS) is 20.2. The van der Waals surface area contributed by atoms with Crippen molar-refractivity contribution in [1.82, 2.24) is 20.4 Å². The van der Waals surface area contributed by atoms with Crippen molar-refractivity contribution in [2.75, 3.05) is 33.7 Å². The summed E-state index contributed by atoms with van der Waals surface area (Å²) in [4.78, 5) is 40.2. The summed E-state index contributed by atoms with van der Waals surface area (Å²) in [7, 11) is 3.90. The minimum atomic E-state index is -1.32. The SMILES string of the molecule is CN(C)CC(C)(C)CNC(=O)CN1C(=O)NC(C)(c2ccc(F)cc2)C1=O. The lowest BCUT2D eigenvalue weighted by molar-refractivity contribution is -0.134. The fourth-order valence-electron chi connectivity index (χ4n) is 3.27. The molecule has 0 aliphatic carbocycles. The number of halogens is 1. The molecule has 2 rings (SSSR count). The number of amides is 4. The molecule has 0 saturated carbocycles. The minimum absolute atomic E-state index is 0.154. The Morgan fingerprint density at radius 3 is 2.41 bits per heavy atom. The highest BCUT2D eigenvalue weighted by Gasteiger charge is 2.49. The van der Waals surface area contributed by atoms with Gasteiger partial charge in [-0.1, -0.05) is 26.0 Å². The molecule has 0 bridgehead atoms.